The highest BCUT2D eigenvalue weighted by molar-refractivity contribution is 5.81. The molecule has 144 valence electrons. The van der Waals surface area contributed by atoms with Crippen LogP contribution in [0, 0.1) is 0 Å². The van der Waals surface area contributed by atoms with E-state index in [9.17, 15) is 9.59 Å². The Labute approximate surface area is 163 Å². The number of fused-ring (bicyclic) bond motifs is 1. The first kappa shape index (κ1) is 18.3. The largest absolute Gasteiger partial charge is 0.350 e. The first-order valence-corrected chi connectivity index (χ1v) is 9.54. The van der Waals surface area contributed by atoms with Crippen molar-refractivity contribution < 1.29 is 4.79 Å². The Morgan fingerprint density at radius 1 is 1.18 bits per heavy atom. The van der Waals surface area contributed by atoms with Crippen LogP contribution in [0.3, 0.4) is 0 Å². The molecule has 7 nitrogen and oxygen atoms in total. The van der Waals surface area contributed by atoms with Crippen molar-refractivity contribution in [1.29, 1.82) is 0 Å². The van der Waals surface area contributed by atoms with Gasteiger partial charge in [-0.2, -0.15) is 5.10 Å². The molecule has 0 bridgehead atoms. The second-order valence-corrected chi connectivity index (χ2v) is 7.20. The number of benzene rings is 1. The van der Waals surface area contributed by atoms with Gasteiger partial charge in [0.25, 0.3) is 5.56 Å². The zero-order chi connectivity index (χ0) is 19.3. The molecular weight excluding hydrogens is 354 g/mol. The Hall–Kier alpha value is -3.06. The number of carbonyl (C=O) groups is 1. The molecule has 1 atom stereocenters. The fourth-order valence-electron chi connectivity index (χ4n) is 3.72. The van der Waals surface area contributed by atoms with Gasteiger partial charge in [0.05, 0.1) is 11.6 Å². The molecule has 1 aromatic carbocycles. The van der Waals surface area contributed by atoms with Crippen molar-refractivity contribution >= 4 is 16.7 Å². The van der Waals surface area contributed by atoms with E-state index in [0.29, 0.717) is 5.39 Å². The summed E-state index contributed by atoms with van der Waals surface area (Å²) in [5.74, 6) is -0.182. The summed E-state index contributed by atoms with van der Waals surface area (Å²) < 4.78 is 1.23. The molecule has 2 aromatic heterocycles. The van der Waals surface area contributed by atoms with Crippen molar-refractivity contribution in [2.24, 2.45) is 0 Å². The van der Waals surface area contributed by atoms with E-state index in [4.69, 9.17) is 0 Å². The minimum absolute atomic E-state index is 0.0667. The number of rotatable bonds is 5. The Balaban J connectivity index is 1.37. The van der Waals surface area contributed by atoms with Crippen LogP contribution in [0.1, 0.15) is 18.4 Å². The van der Waals surface area contributed by atoms with Crippen LogP contribution in [0.5, 0.6) is 0 Å². The van der Waals surface area contributed by atoms with Crippen molar-refractivity contribution in [3.05, 3.63) is 70.9 Å². The highest BCUT2D eigenvalue weighted by atomic mass is 16.2. The van der Waals surface area contributed by atoms with E-state index in [0.717, 1.165) is 37.9 Å². The van der Waals surface area contributed by atoms with Gasteiger partial charge in [-0.1, -0.05) is 24.3 Å². The normalized spacial score (nSPS) is 17.5. The summed E-state index contributed by atoms with van der Waals surface area (Å²) in [4.78, 5) is 31.5. The molecule has 0 saturated carbocycles. The minimum Gasteiger partial charge on any atom is -0.350 e. The van der Waals surface area contributed by atoms with Crippen molar-refractivity contribution in [3.63, 3.8) is 0 Å². The van der Waals surface area contributed by atoms with E-state index >= 15 is 0 Å². The minimum atomic E-state index is -0.241. The number of nitrogens with one attached hydrogen (secondary N) is 1. The van der Waals surface area contributed by atoms with Crippen molar-refractivity contribution in [1.82, 2.24) is 25.0 Å². The molecule has 28 heavy (non-hydrogen) atoms. The maximum atomic E-state index is 12.5. The third-order valence-electron chi connectivity index (χ3n) is 5.05. The first-order chi connectivity index (χ1) is 13.7. The maximum Gasteiger partial charge on any atom is 0.275 e. The van der Waals surface area contributed by atoms with Gasteiger partial charge >= 0.3 is 0 Å². The molecule has 3 aromatic rings. The van der Waals surface area contributed by atoms with E-state index in [-0.39, 0.29) is 24.1 Å². The lowest BCUT2D eigenvalue weighted by Crippen LogP contribution is -2.48. The summed E-state index contributed by atoms with van der Waals surface area (Å²) in [6, 6.07) is 11.3. The number of carbonyl (C=O) groups excluding carboxylic acids is 1. The van der Waals surface area contributed by atoms with Gasteiger partial charge in [0, 0.05) is 36.9 Å². The van der Waals surface area contributed by atoms with E-state index in [1.165, 1.54) is 10.2 Å². The number of amides is 1. The smallest absolute Gasteiger partial charge is 0.275 e. The molecule has 1 saturated heterocycles. The van der Waals surface area contributed by atoms with Gasteiger partial charge in [-0.25, -0.2) is 4.68 Å². The summed E-state index contributed by atoms with van der Waals surface area (Å²) in [5.41, 5.74) is 0.927. The molecule has 3 heterocycles. The van der Waals surface area contributed by atoms with Crippen LogP contribution < -0.4 is 10.9 Å². The first-order valence-electron chi connectivity index (χ1n) is 9.54. The quantitative estimate of drug-likeness (QED) is 0.730. The van der Waals surface area contributed by atoms with Crippen molar-refractivity contribution in [3.8, 4) is 0 Å². The molecule has 1 aliphatic rings. The average molecular weight is 377 g/mol. The highest BCUT2D eigenvalue weighted by Crippen LogP contribution is 2.13. The molecule has 1 aliphatic heterocycles. The summed E-state index contributed by atoms with van der Waals surface area (Å²) in [7, 11) is 0. The summed E-state index contributed by atoms with van der Waals surface area (Å²) in [6.45, 7) is 2.56. The SMILES string of the molecule is O=C(Cn1ncc2ccccc2c1=O)N[C@@H]1CCCN(Cc2cccnc2)C1. The van der Waals surface area contributed by atoms with E-state index in [1.807, 2.05) is 30.5 Å². The van der Waals surface area contributed by atoms with Crippen molar-refractivity contribution in [2.45, 2.75) is 32.0 Å². The van der Waals surface area contributed by atoms with Crippen LogP contribution in [0.4, 0.5) is 0 Å². The van der Waals surface area contributed by atoms with Gasteiger partial charge in [0.15, 0.2) is 0 Å². The third-order valence-corrected chi connectivity index (χ3v) is 5.05. The standard InChI is InChI=1S/C21H23N5O2/c27-20(15-26-21(28)19-8-2-1-6-17(19)12-23-26)24-18-7-4-10-25(14-18)13-16-5-3-9-22-11-16/h1-3,5-6,8-9,11-12,18H,4,7,10,13-15H2,(H,24,27)/t18-/m1/s1. The fourth-order valence-corrected chi connectivity index (χ4v) is 3.72. The molecule has 7 heteroatoms. The summed E-state index contributed by atoms with van der Waals surface area (Å²) >= 11 is 0. The van der Waals surface area contributed by atoms with Crippen LogP contribution in [-0.2, 0) is 17.9 Å². The van der Waals surface area contributed by atoms with Crippen molar-refractivity contribution in [2.75, 3.05) is 13.1 Å². The summed E-state index contributed by atoms with van der Waals surface area (Å²) in [5, 5.41) is 8.55. The number of likely N-dealkylation sites (tertiary alicyclic amines) is 1. The highest BCUT2D eigenvalue weighted by Gasteiger charge is 2.22. The van der Waals surface area contributed by atoms with Gasteiger partial charge < -0.3 is 5.32 Å². The number of nitrogens with zero attached hydrogens (tertiary/aromatic N) is 4. The Morgan fingerprint density at radius 3 is 2.93 bits per heavy atom. The molecule has 4 rings (SSSR count). The lowest BCUT2D eigenvalue weighted by Gasteiger charge is -2.33. The van der Waals surface area contributed by atoms with Gasteiger partial charge in [-0.3, -0.25) is 19.5 Å². The molecule has 0 aliphatic carbocycles. The predicted molar refractivity (Wildman–Crippen MR) is 107 cm³/mol. The number of pyridine rings is 1. The van der Waals surface area contributed by atoms with Crippen LogP contribution in [0.15, 0.2) is 59.8 Å². The Kier molecular flexibility index (Phi) is 5.43. The fraction of sp³-hybridized carbons (Fsp3) is 0.333. The van der Waals surface area contributed by atoms with E-state index in [2.05, 4.69) is 26.4 Å². The van der Waals surface area contributed by atoms with Gasteiger partial charge in [0.2, 0.25) is 5.91 Å². The zero-order valence-corrected chi connectivity index (χ0v) is 15.6. The number of hydrogen-bond acceptors (Lipinski definition) is 5. The lowest BCUT2D eigenvalue weighted by molar-refractivity contribution is -0.123. The van der Waals surface area contributed by atoms with Gasteiger partial charge in [0.1, 0.15) is 6.54 Å². The van der Waals surface area contributed by atoms with Crippen LogP contribution in [0.2, 0.25) is 0 Å². The summed E-state index contributed by atoms with van der Waals surface area (Å²) in [6.07, 6.45) is 7.24. The van der Waals surface area contributed by atoms with E-state index in [1.54, 1.807) is 18.5 Å². The Morgan fingerprint density at radius 2 is 2.07 bits per heavy atom. The molecule has 1 fully saturated rings. The molecule has 1 N–H and O–H groups in total. The van der Waals surface area contributed by atoms with Crippen LogP contribution in [-0.4, -0.2) is 44.7 Å². The predicted octanol–water partition coefficient (Wildman–Crippen LogP) is 1.57. The number of aromatic nitrogens is 3. The second kappa shape index (κ2) is 8.31. The zero-order valence-electron chi connectivity index (χ0n) is 15.6. The molecular formula is C21H23N5O2. The topological polar surface area (TPSA) is 80.1 Å². The Bertz CT molecular complexity index is 1020. The monoisotopic (exact) mass is 377 g/mol. The third kappa shape index (κ3) is 4.26. The van der Waals surface area contributed by atoms with E-state index < -0.39 is 0 Å². The molecule has 0 radical (unpaired) electrons. The van der Waals surface area contributed by atoms with Crippen LogP contribution in [0.25, 0.3) is 10.8 Å². The molecule has 0 spiro atoms. The van der Waals surface area contributed by atoms with Gasteiger partial charge in [-0.05, 0) is 37.1 Å². The lowest BCUT2D eigenvalue weighted by atomic mass is 10.0. The number of piperidine rings is 1. The number of hydrogen-bond donors (Lipinski definition) is 1. The van der Waals surface area contributed by atoms with Crippen LogP contribution >= 0.6 is 0 Å². The maximum absolute atomic E-state index is 12.5. The average Bonchev–Trinajstić information content (AvgIpc) is 2.71. The molecule has 1 amide bonds. The molecule has 0 unspecified atom stereocenters. The second-order valence-electron chi connectivity index (χ2n) is 7.20. The van der Waals surface area contributed by atoms with Gasteiger partial charge in [-0.15, -0.1) is 0 Å².